The first kappa shape index (κ1) is 23.2. The molecule has 2 aromatic rings. The van der Waals surface area contributed by atoms with Gasteiger partial charge in [0.1, 0.15) is 11.9 Å². The lowest BCUT2D eigenvalue weighted by atomic mass is 10.1. The maximum absolute atomic E-state index is 13.0. The first-order valence-corrected chi connectivity index (χ1v) is 13.9. The highest BCUT2D eigenvalue weighted by molar-refractivity contribution is 7.93. The second kappa shape index (κ2) is 9.14. The van der Waals surface area contributed by atoms with Crippen LogP contribution in [0.3, 0.4) is 0 Å². The van der Waals surface area contributed by atoms with Gasteiger partial charge in [0.05, 0.1) is 16.3 Å². The minimum atomic E-state index is -3.69. The van der Waals surface area contributed by atoms with E-state index in [0.717, 1.165) is 12.8 Å². The molecule has 2 heterocycles. The molecule has 11 heteroatoms. The number of hydrogen-bond donors (Lipinski definition) is 2. The summed E-state index contributed by atoms with van der Waals surface area (Å²) in [5.74, 6) is -0.0600. The van der Waals surface area contributed by atoms with Crippen LogP contribution in [0, 0.1) is 0 Å². The molecule has 2 N–H and O–H groups in total. The van der Waals surface area contributed by atoms with Crippen molar-refractivity contribution in [3.8, 4) is 0 Å². The van der Waals surface area contributed by atoms with Crippen molar-refractivity contribution in [1.29, 1.82) is 0 Å². The third-order valence-electron chi connectivity index (χ3n) is 5.60. The van der Waals surface area contributed by atoms with Gasteiger partial charge in [-0.05, 0) is 49.2 Å². The molecule has 176 valence electrons. The van der Waals surface area contributed by atoms with Crippen molar-refractivity contribution in [3.63, 3.8) is 0 Å². The molecule has 0 aliphatic carbocycles. The molecule has 0 spiro atoms. The van der Waals surface area contributed by atoms with E-state index < -0.39 is 26.1 Å². The quantitative estimate of drug-likeness (QED) is 0.617. The first-order valence-electron chi connectivity index (χ1n) is 10.8. The van der Waals surface area contributed by atoms with E-state index in [0.29, 0.717) is 36.3 Å². The van der Waals surface area contributed by atoms with E-state index in [2.05, 4.69) is 15.0 Å². The van der Waals surface area contributed by atoms with Crippen molar-refractivity contribution in [3.05, 3.63) is 54.1 Å². The summed E-state index contributed by atoms with van der Waals surface area (Å²) < 4.78 is 52.8. The van der Waals surface area contributed by atoms with Gasteiger partial charge >= 0.3 is 0 Å². The Kier molecular flexibility index (Phi) is 6.44. The van der Waals surface area contributed by atoms with E-state index in [1.165, 1.54) is 10.4 Å². The molecule has 0 aromatic heterocycles. The van der Waals surface area contributed by atoms with Gasteiger partial charge in [-0.2, -0.15) is 0 Å². The Morgan fingerprint density at radius 1 is 1.12 bits per heavy atom. The Morgan fingerprint density at radius 2 is 1.85 bits per heavy atom. The number of benzene rings is 2. The Hall–Kier alpha value is -2.92. The van der Waals surface area contributed by atoms with E-state index in [9.17, 15) is 21.6 Å². The van der Waals surface area contributed by atoms with Gasteiger partial charge in [-0.25, -0.2) is 16.8 Å². The van der Waals surface area contributed by atoms with Crippen LogP contribution < -0.4 is 14.3 Å². The fraction of sp³-hybridized carbons (Fsp3) is 0.364. The largest absolute Gasteiger partial charge is 0.324 e. The standard InChI is InChI=1S/C22H26N4O5S2/c1-2-3-8-19(24-21-18-7-4-5-9-20(18)33(30,31)25-21)22(27)23-16-10-12-17(13-11-16)26-14-6-15-32(26,28)29/h4-5,7,9-13,19H,2-3,6,8,14-15H2,1H3,(H,23,27)(H,24,25). The topological polar surface area (TPSA) is 125 Å². The molecule has 1 atom stereocenters. The van der Waals surface area contributed by atoms with Gasteiger partial charge in [0, 0.05) is 17.8 Å². The third kappa shape index (κ3) is 4.88. The van der Waals surface area contributed by atoms with Crippen LogP contribution in [0.25, 0.3) is 0 Å². The van der Waals surface area contributed by atoms with Crippen LogP contribution in [0.5, 0.6) is 0 Å². The fourth-order valence-electron chi connectivity index (χ4n) is 3.90. The fourth-order valence-corrected chi connectivity index (χ4v) is 6.71. The molecule has 33 heavy (non-hydrogen) atoms. The van der Waals surface area contributed by atoms with Crippen molar-refractivity contribution >= 4 is 43.2 Å². The number of anilines is 2. The van der Waals surface area contributed by atoms with E-state index in [1.54, 1.807) is 42.5 Å². The van der Waals surface area contributed by atoms with Gasteiger partial charge < -0.3 is 5.32 Å². The van der Waals surface area contributed by atoms with E-state index in [-0.39, 0.29) is 22.4 Å². The second-order valence-electron chi connectivity index (χ2n) is 8.02. The van der Waals surface area contributed by atoms with Gasteiger partial charge in [0.25, 0.3) is 10.0 Å². The predicted octanol–water partition coefficient (Wildman–Crippen LogP) is 2.46. The summed E-state index contributed by atoms with van der Waals surface area (Å²) in [6, 6.07) is 12.4. The van der Waals surface area contributed by atoms with Crippen LogP contribution >= 0.6 is 0 Å². The Labute approximate surface area is 194 Å². The van der Waals surface area contributed by atoms with Crippen LogP contribution in [-0.4, -0.2) is 46.9 Å². The van der Waals surface area contributed by atoms with Gasteiger partial charge in [0.15, 0.2) is 0 Å². The van der Waals surface area contributed by atoms with Gasteiger partial charge in [-0.3, -0.25) is 18.8 Å². The van der Waals surface area contributed by atoms with E-state index in [4.69, 9.17) is 0 Å². The molecule has 4 rings (SSSR count). The van der Waals surface area contributed by atoms with Crippen LogP contribution in [0.15, 0.2) is 58.4 Å². The van der Waals surface area contributed by atoms with Crippen molar-refractivity contribution < 1.29 is 21.6 Å². The van der Waals surface area contributed by atoms with Crippen LogP contribution in [0.1, 0.15) is 38.2 Å². The highest BCUT2D eigenvalue weighted by Crippen LogP contribution is 2.26. The zero-order chi connectivity index (χ0) is 23.6. The lowest BCUT2D eigenvalue weighted by Gasteiger charge is -2.18. The Balaban J connectivity index is 1.54. The molecule has 1 saturated heterocycles. The predicted molar refractivity (Wildman–Crippen MR) is 127 cm³/mol. The van der Waals surface area contributed by atoms with Crippen molar-refractivity contribution in [1.82, 2.24) is 4.72 Å². The number of sulfonamides is 2. The maximum atomic E-state index is 13.0. The summed E-state index contributed by atoms with van der Waals surface area (Å²) in [5, 5.41) is 2.82. The molecular weight excluding hydrogens is 464 g/mol. The molecule has 9 nitrogen and oxygen atoms in total. The average molecular weight is 491 g/mol. The molecule has 2 aliphatic heterocycles. The number of hydrogen-bond acceptors (Lipinski definition) is 6. The average Bonchev–Trinajstić information content (AvgIpc) is 3.27. The number of carbonyl (C=O) groups is 1. The zero-order valence-electron chi connectivity index (χ0n) is 18.2. The minimum absolute atomic E-state index is 0.137. The Morgan fingerprint density at radius 3 is 2.52 bits per heavy atom. The van der Waals surface area contributed by atoms with Crippen LogP contribution in [-0.2, 0) is 24.8 Å². The number of aliphatic imine (C=N–C) groups is 1. The number of amides is 1. The highest BCUT2D eigenvalue weighted by atomic mass is 32.2. The number of rotatable bonds is 7. The number of nitrogens with one attached hydrogen (secondary N) is 2. The molecule has 2 aliphatic rings. The smallest absolute Gasteiger partial charge is 0.263 e. The van der Waals surface area contributed by atoms with Gasteiger partial charge in [-0.1, -0.05) is 31.9 Å². The first-order chi connectivity index (χ1) is 15.7. The van der Waals surface area contributed by atoms with Crippen LogP contribution in [0.4, 0.5) is 11.4 Å². The molecule has 1 unspecified atom stereocenters. The van der Waals surface area contributed by atoms with E-state index >= 15 is 0 Å². The summed E-state index contributed by atoms with van der Waals surface area (Å²) in [6.07, 6.45) is 2.65. The third-order valence-corrected chi connectivity index (χ3v) is 8.87. The SMILES string of the molecule is CCCCC(N=C1NS(=O)(=O)c2ccccc21)C(=O)Nc1ccc(N2CCCS2(=O)=O)cc1. The summed E-state index contributed by atoms with van der Waals surface area (Å²) >= 11 is 0. The molecule has 0 bridgehead atoms. The van der Waals surface area contributed by atoms with Crippen LogP contribution in [0.2, 0.25) is 0 Å². The maximum Gasteiger partial charge on any atom is 0.263 e. The zero-order valence-corrected chi connectivity index (χ0v) is 19.8. The Bertz CT molecular complexity index is 1290. The number of nitrogens with zero attached hydrogens (tertiary/aromatic N) is 2. The van der Waals surface area contributed by atoms with Crippen molar-refractivity contribution in [2.75, 3.05) is 21.9 Å². The van der Waals surface area contributed by atoms with Gasteiger partial charge in [-0.15, -0.1) is 0 Å². The lowest BCUT2D eigenvalue weighted by Crippen LogP contribution is -2.31. The van der Waals surface area contributed by atoms with Gasteiger partial charge in [0.2, 0.25) is 15.9 Å². The molecule has 0 saturated carbocycles. The second-order valence-corrected chi connectivity index (χ2v) is 11.7. The lowest BCUT2D eigenvalue weighted by molar-refractivity contribution is -0.117. The number of carbonyl (C=O) groups excluding carboxylic acids is 1. The highest BCUT2D eigenvalue weighted by Gasteiger charge is 2.32. The van der Waals surface area contributed by atoms with Crippen molar-refractivity contribution in [2.45, 2.75) is 43.5 Å². The summed E-state index contributed by atoms with van der Waals surface area (Å²) in [4.78, 5) is 17.6. The normalized spacial score (nSPS) is 20.3. The summed E-state index contributed by atoms with van der Waals surface area (Å²) in [6.45, 7) is 2.45. The molecular formula is C22H26N4O5S2. The molecule has 1 fully saturated rings. The van der Waals surface area contributed by atoms with Crippen molar-refractivity contribution in [2.24, 2.45) is 4.99 Å². The summed E-state index contributed by atoms with van der Waals surface area (Å²) in [5.41, 5.74) is 1.52. The summed E-state index contributed by atoms with van der Waals surface area (Å²) in [7, 11) is -6.97. The molecule has 0 radical (unpaired) electrons. The number of unbranched alkanes of at least 4 members (excludes halogenated alkanes) is 1. The minimum Gasteiger partial charge on any atom is -0.324 e. The number of amidine groups is 1. The monoisotopic (exact) mass is 490 g/mol. The number of fused-ring (bicyclic) bond motifs is 1. The molecule has 1 amide bonds. The van der Waals surface area contributed by atoms with E-state index in [1.807, 2.05) is 6.92 Å². The molecule has 2 aromatic carbocycles.